The Morgan fingerprint density at radius 1 is 1.22 bits per heavy atom. The lowest BCUT2D eigenvalue weighted by Crippen LogP contribution is -2.30. The van der Waals surface area contributed by atoms with Crippen molar-refractivity contribution in [2.24, 2.45) is 0 Å². The number of carbonyl (C=O) groups excluding carboxylic acids is 1. The van der Waals surface area contributed by atoms with Crippen molar-refractivity contribution >= 4 is 17.3 Å². The zero-order valence-corrected chi connectivity index (χ0v) is 16.4. The van der Waals surface area contributed by atoms with Gasteiger partial charge in [-0.2, -0.15) is 0 Å². The largest absolute Gasteiger partial charge is 0.383 e. The Kier molecular flexibility index (Phi) is 6.64. The summed E-state index contributed by atoms with van der Waals surface area (Å²) in [4.78, 5) is 19.1. The molecule has 0 saturated carbocycles. The topological polar surface area (TPSA) is 45.2 Å². The first-order valence-electron chi connectivity index (χ1n) is 9.92. The van der Waals surface area contributed by atoms with Gasteiger partial charge in [0.05, 0.1) is 11.3 Å². The summed E-state index contributed by atoms with van der Waals surface area (Å²) in [5.74, 6) is -0.0192. The van der Waals surface area contributed by atoms with Crippen molar-refractivity contribution < 1.29 is 4.79 Å². The van der Waals surface area contributed by atoms with Crippen LogP contribution in [0.1, 0.15) is 54.9 Å². The van der Waals surface area contributed by atoms with Crippen LogP contribution in [0.5, 0.6) is 0 Å². The molecule has 0 saturated heterocycles. The van der Waals surface area contributed by atoms with Gasteiger partial charge in [0, 0.05) is 31.2 Å². The van der Waals surface area contributed by atoms with Crippen LogP contribution in [-0.2, 0) is 0 Å². The highest BCUT2D eigenvalue weighted by atomic mass is 16.2. The number of pyridine rings is 1. The molecule has 1 aromatic carbocycles. The number of allylic oxidation sites excluding steroid dienone is 1. The molecule has 142 valence electrons. The molecule has 0 unspecified atom stereocenters. The molecule has 2 aromatic rings. The van der Waals surface area contributed by atoms with Crippen LogP contribution < -0.4 is 10.2 Å². The third-order valence-corrected chi connectivity index (χ3v) is 5.02. The number of anilines is 2. The molecular formula is C23H29N3O. The summed E-state index contributed by atoms with van der Waals surface area (Å²) in [6.07, 6.45) is 11.9. The quantitative estimate of drug-likeness (QED) is 0.674. The predicted molar refractivity (Wildman–Crippen MR) is 112 cm³/mol. The minimum absolute atomic E-state index is 0.0192. The molecule has 1 aliphatic carbocycles. The van der Waals surface area contributed by atoms with Gasteiger partial charge in [-0.3, -0.25) is 9.78 Å². The van der Waals surface area contributed by atoms with Crippen LogP contribution in [-0.4, -0.2) is 24.0 Å². The van der Waals surface area contributed by atoms with E-state index in [9.17, 15) is 4.79 Å². The summed E-state index contributed by atoms with van der Waals surface area (Å²) in [5.41, 5.74) is 5.12. The Morgan fingerprint density at radius 2 is 2.11 bits per heavy atom. The van der Waals surface area contributed by atoms with Gasteiger partial charge in [0.2, 0.25) is 0 Å². The molecule has 0 atom stereocenters. The molecule has 1 N–H and O–H groups in total. The Morgan fingerprint density at radius 3 is 2.85 bits per heavy atom. The Bertz CT molecular complexity index is 813. The van der Waals surface area contributed by atoms with Crippen LogP contribution in [0.3, 0.4) is 0 Å². The fourth-order valence-corrected chi connectivity index (χ4v) is 3.55. The number of hydrogen-bond donors (Lipinski definition) is 1. The molecule has 0 fully saturated rings. The summed E-state index contributed by atoms with van der Waals surface area (Å²) in [5, 5.41) is 3.42. The van der Waals surface area contributed by atoms with Gasteiger partial charge in [0.15, 0.2) is 0 Å². The Balaban J connectivity index is 1.66. The maximum atomic E-state index is 13.0. The minimum atomic E-state index is -0.0192. The molecule has 1 amide bonds. The lowest BCUT2D eigenvalue weighted by atomic mass is 9.97. The first-order valence-corrected chi connectivity index (χ1v) is 9.92. The first-order chi connectivity index (χ1) is 13.2. The third kappa shape index (κ3) is 5.19. The molecule has 1 aliphatic rings. The van der Waals surface area contributed by atoms with Crippen LogP contribution in [0.25, 0.3) is 0 Å². The lowest BCUT2D eigenvalue weighted by molar-refractivity contribution is 0.0988. The van der Waals surface area contributed by atoms with Gasteiger partial charge in [-0.05, 0) is 69.7 Å². The van der Waals surface area contributed by atoms with E-state index in [1.165, 1.54) is 25.7 Å². The van der Waals surface area contributed by atoms with E-state index >= 15 is 0 Å². The van der Waals surface area contributed by atoms with Crippen LogP contribution in [0.15, 0.2) is 54.4 Å². The molecule has 1 heterocycles. The molecule has 0 radical (unpaired) electrons. The number of carbonyl (C=O) groups is 1. The summed E-state index contributed by atoms with van der Waals surface area (Å²) >= 11 is 0. The van der Waals surface area contributed by atoms with Crippen molar-refractivity contribution in [1.82, 2.24) is 4.98 Å². The fraction of sp³-hybridized carbons (Fsp3) is 0.391. The van der Waals surface area contributed by atoms with E-state index in [4.69, 9.17) is 0 Å². The number of nitrogens with one attached hydrogen (secondary N) is 1. The fourth-order valence-electron chi connectivity index (χ4n) is 3.55. The minimum Gasteiger partial charge on any atom is -0.383 e. The second-order valence-corrected chi connectivity index (χ2v) is 7.14. The van der Waals surface area contributed by atoms with Gasteiger partial charge in [-0.1, -0.05) is 23.8 Å². The molecule has 0 bridgehead atoms. The van der Waals surface area contributed by atoms with Crippen molar-refractivity contribution in [2.45, 2.75) is 46.0 Å². The SMILES string of the molecule is CCN(C(=O)c1cncc(NCCC2=CCCCC2)c1)c1cccc(C)c1. The number of hydrogen-bond acceptors (Lipinski definition) is 3. The van der Waals surface area contributed by atoms with E-state index in [1.54, 1.807) is 22.9 Å². The van der Waals surface area contributed by atoms with Crippen LogP contribution >= 0.6 is 0 Å². The van der Waals surface area contributed by atoms with E-state index in [0.717, 1.165) is 29.9 Å². The second-order valence-electron chi connectivity index (χ2n) is 7.14. The van der Waals surface area contributed by atoms with Crippen molar-refractivity contribution in [2.75, 3.05) is 23.3 Å². The lowest BCUT2D eigenvalue weighted by Gasteiger charge is -2.21. The second kappa shape index (κ2) is 9.36. The summed E-state index contributed by atoms with van der Waals surface area (Å²) in [6, 6.07) is 9.94. The molecular weight excluding hydrogens is 334 g/mol. The van der Waals surface area contributed by atoms with Crippen LogP contribution in [0, 0.1) is 6.92 Å². The van der Waals surface area contributed by atoms with E-state index in [1.807, 2.05) is 44.2 Å². The standard InChI is InChI=1S/C23H29N3O/c1-3-26(22-11-7-8-18(2)14-22)23(27)20-15-21(17-24-16-20)25-13-12-19-9-5-4-6-10-19/h7-9,11,14-17,25H,3-6,10,12-13H2,1-2H3. The highest BCUT2D eigenvalue weighted by Crippen LogP contribution is 2.21. The molecule has 0 spiro atoms. The summed E-state index contributed by atoms with van der Waals surface area (Å²) in [6.45, 7) is 5.53. The average molecular weight is 364 g/mol. The van der Waals surface area contributed by atoms with Gasteiger partial charge < -0.3 is 10.2 Å². The van der Waals surface area contributed by atoms with Crippen molar-refractivity contribution in [3.8, 4) is 0 Å². The zero-order chi connectivity index (χ0) is 19.1. The summed E-state index contributed by atoms with van der Waals surface area (Å²) in [7, 11) is 0. The number of benzene rings is 1. The van der Waals surface area contributed by atoms with Crippen LogP contribution in [0.2, 0.25) is 0 Å². The Labute approximate surface area is 162 Å². The predicted octanol–water partition coefficient (Wildman–Crippen LogP) is 5.36. The smallest absolute Gasteiger partial charge is 0.259 e. The number of nitrogens with zero attached hydrogens (tertiary/aromatic N) is 2. The van der Waals surface area contributed by atoms with Gasteiger partial charge in [0.1, 0.15) is 0 Å². The Hall–Kier alpha value is -2.62. The zero-order valence-electron chi connectivity index (χ0n) is 16.4. The maximum Gasteiger partial charge on any atom is 0.259 e. The van der Waals surface area contributed by atoms with Crippen molar-refractivity contribution in [3.05, 3.63) is 65.5 Å². The summed E-state index contributed by atoms with van der Waals surface area (Å²) < 4.78 is 0. The molecule has 0 aliphatic heterocycles. The average Bonchev–Trinajstić information content (AvgIpc) is 2.70. The third-order valence-electron chi connectivity index (χ3n) is 5.02. The molecule has 1 aromatic heterocycles. The van der Waals surface area contributed by atoms with Gasteiger partial charge in [-0.15, -0.1) is 0 Å². The number of rotatable bonds is 7. The van der Waals surface area contributed by atoms with Gasteiger partial charge in [-0.25, -0.2) is 0 Å². The number of amides is 1. The monoisotopic (exact) mass is 363 g/mol. The maximum absolute atomic E-state index is 13.0. The van der Waals surface area contributed by atoms with Gasteiger partial charge in [0.25, 0.3) is 5.91 Å². The molecule has 4 nitrogen and oxygen atoms in total. The van der Waals surface area contributed by atoms with Crippen molar-refractivity contribution in [3.63, 3.8) is 0 Å². The first kappa shape index (κ1) is 19.2. The normalized spacial score (nSPS) is 13.8. The van der Waals surface area contributed by atoms with E-state index < -0.39 is 0 Å². The van der Waals surface area contributed by atoms with Crippen molar-refractivity contribution in [1.29, 1.82) is 0 Å². The van der Waals surface area contributed by atoms with E-state index in [-0.39, 0.29) is 5.91 Å². The van der Waals surface area contributed by atoms with Crippen LogP contribution in [0.4, 0.5) is 11.4 Å². The highest BCUT2D eigenvalue weighted by Gasteiger charge is 2.17. The number of aromatic nitrogens is 1. The highest BCUT2D eigenvalue weighted by molar-refractivity contribution is 6.06. The number of aryl methyl sites for hydroxylation is 1. The van der Waals surface area contributed by atoms with Gasteiger partial charge >= 0.3 is 0 Å². The molecule has 27 heavy (non-hydrogen) atoms. The van der Waals surface area contributed by atoms with E-state index in [2.05, 4.69) is 16.4 Å². The molecule has 3 rings (SSSR count). The molecule has 4 heteroatoms. The van der Waals surface area contributed by atoms with E-state index in [0.29, 0.717) is 12.1 Å².